The second-order valence-electron chi connectivity index (χ2n) is 4.05. The SMILES string of the molecule is CC(C)(C)C1=C2CC=C2N1. The molecule has 1 aliphatic heterocycles. The minimum Gasteiger partial charge on any atom is -0.358 e. The maximum Gasteiger partial charge on any atom is 0.0398 e. The Morgan fingerprint density at radius 2 is 2.10 bits per heavy atom. The summed E-state index contributed by atoms with van der Waals surface area (Å²) in [4.78, 5) is 0. The molecular formula is C9H13N. The fourth-order valence-electron chi connectivity index (χ4n) is 1.46. The van der Waals surface area contributed by atoms with E-state index in [2.05, 4.69) is 32.2 Å². The van der Waals surface area contributed by atoms with Gasteiger partial charge in [-0.15, -0.1) is 0 Å². The standard InChI is InChI=1S/C9H13N/c1-9(2,3)8-6-4-5-7(6)10-8/h5,10H,4H2,1-3H3. The second-order valence-corrected chi connectivity index (χ2v) is 4.05. The molecule has 0 spiro atoms. The molecule has 1 aliphatic carbocycles. The van der Waals surface area contributed by atoms with E-state index >= 15 is 0 Å². The molecule has 0 fully saturated rings. The van der Waals surface area contributed by atoms with Crippen LogP contribution in [0.5, 0.6) is 0 Å². The van der Waals surface area contributed by atoms with Gasteiger partial charge in [-0.05, 0) is 12.0 Å². The van der Waals surface area contributed by atoms with Gasteiger partial charge in [0.2, 0.25) is 0 Å². The van der Waals surface area contributed by atoms with Crippen molar-refractivity contribution in [1.82, 2.24) is 5.32 Å². The average Bonchev–Trinajstić information content (AvgIpc) is 1.74. The number of hydrogen-bond donors (Lipinski definition) is 1. The van der Waals surface area contributed by atoms with Gasteiger partial charge in [0.05, 0.1) is 0 Å². The number of rotatable bonds is 0. The van der Waals surface area contributed by atoms with Crippen molar-refractivity contribution in [3.05, 3.63) is 23.0 Å². The number of hydrogen-bond acceptors (Lipinski definition) is 1. The largest absolute Gasteiger partial charge is 0.358 e. The van der Waals surface area contributed by atoms with E-state index in [9.17, 15) is 0 Å². The predicted octanol–water partition coefficient (Wildman–Crippen LogP) is 2.18. The highest BCUT2D eigenvalue weighted by Crippen LogP contribution is 2.42. The van der Waals surface area contributed by atoms with E-state index in [0.717, 1.165) is 0 Å². The monoisotopic (exact) mass is 135 g/mol. The van der Waals surface area contributed by atoms with Crippen LogP contribution in [-0.4, -0.2) is 0 Å². The topological polar surface area (TPSA) is 12.0 Å². The van der Waals surface area contributed by atoms with Crippen molar-refractivity contribution in [2.45, 2.75) is 27.2 Å². The van der Waals surface area contributed by atoms with Gasteiger partial charge in [0.25, 0.3) is 0 Å². The number of fused-ring (bicyclic) bond motifs is 1. The number of allylic oxidation sites excluding steroid dienone is 3. The summed E-state index contributed by atoms with van der Waals surface area (Å²) >= 11 is 0. The third-order valence-electron chi connectivity index (χ3n) is 2.15. The molecule has 0 amide bonds. The summed E-state index contributed by atoms with van der Waals surface area (Å²) in [6.07, 6.45) is 3.43. The van der Waals surface area contributed by atoms with Gasteiger partial charge in [0.1, 0.15) is 0 Å². The summed E-state index contributed by atoms with van der Waals surface area (Å²) in [5.41, 5.74) is 4.72. The molecule has 2 rings (SSSR count). The zero-order valence-electron chi connectivity index (χ0n) is 6.78. The van der Waals surface area contributed by atoms with Crippen LogP contribution in [0.4, 0.5) is 0 Å². The first kappa shape index (κ1) is 6.02. The second kappa shape index (κ2) is 1.47. The Hall–Kier alpha value is -0.720. The fraction of sp³-hybridized carbons (Fsp3) is 0.556. The molecule has 0 saturated carbocycles. The predicted molar refractivity (Wildman–Crippen MR) is 42.3 cm³/mol. The summed E-state index contributed by atoms with van der Waals surface area (Å²) < 4.78 is 0. The zero-order chi connectivity index (χ0) is 7.35. The van der Waals surface area contributed by atoms with Gasteiger partial charge in [-0.3, -0.25) is 0 Å². The molecule has 0 radical (unpaired) electrons. The van der Waals surface area contributed by atoms with Gasteiger partial charge in [-0.1, -0.05) is 26.8 Å². The smallest absolute Gasteiger partial charge is 0.0398 e. The third kappa shape index (κ3) is 0.578. The van der Waals surface area contributed by atoms with Crippen molar-refractivity contribution >= 4 is 0 Å². The summed E-state index contributed by atoms with van der Waals surface area (Å²) in [5.74, 6) is 0. The highest BCUT2D eigenvalue weighted by molar-refractivity contribution is 5.55. The van der Waals surface area contributed by atoms with Gasteiger partial charge >= 0.3 is 0 Å². The van der Waals surface area contributed by atoms with Crippen LogP contribution in [0, 0.1) is 5.41 Å². The van der Waals surface area contributed by atoms with Gasteiger partial charge < -0.3 is 5.32 Å². The van der Waals surface area contributed by atoms with Gasteiger partial charge in [0, 0.05) is 16.8 Å². The molecule has 0 atom stereocenters. The lowest BCUT2D eigenvalue weighted by atomic mass is 9.77. The first-order valence-corrected chi connectivity index (χ1v) is 3.80. The fourth-order valence-corrected chi connectivity index (χ4v) is 1.46. The lowest BCUT2D eigenvalue weighted by molar-refractivity contribution is 0.440. The van der Waals surface area contributed by atoms with Crippen LogP contribution < -0.4 is 5.32 Å². The molecule has 54 valence electrons. The molecule has 0 aromatic carbocycles. The third-order valence-corrected chi connectivity index (χ3v) is 2.15. The average molecular weight is 135 g/mol. The molecule has 0 bridgehead atoms. The number of dihydropyridines is 1. The first-order valence-electron chi connectivity index (χ1n) is 3.80. The molecule has 0 aromatic heterocycles. The Kier molecular flexibility index (Phi) is 0.885. The Bertz CT molecular complexity index is 238. The van der Waals surface area contributed by atoms with E-state index in [1.165, 1.54) is 17.8 Å². The van der Waals surface area contributed by atoms with Crippen molar-refractivity contribution in [3.8, 4) is 0 Å². The Labute approximate surface area is 61.8 Å². The lowest BCUT2D eigenvalue weighted by Crippen LogP contribution is -2.39. The first-order chi connectivity index (χ1) is 4.59. The molecule has 1 N–H and O–H groups in total. The maximum absolute atomic E-state index is 3.36. The molecule has 1 heterocycles. The molecule has 0 unspecified atom stereocenters. The molecule has 1 nitrogen and oxygen atoms in total. The van der Waals surface area contributed by atoms with Crippen molar-refractivity contribution in [2.24, 2.45) is 5.41 Å². The van der Waals surface area contributed by atoms with Crippen molar-refractivity contribution in [1.29, 1.82) is 0 Å². The van der Waals surface area contributed by atoms with E-state index in [-0.39, 0.29) is 0 Å². The van der Waals surface area contributed by atoms with Gasteiger partial charge in [-0.25, -0.2) is 0 Å². The minimum absolute atomic E-state index is 0.326. The van der Waals surface area contributed by atoms with Crippen LogP contribution in [0.3, 0.4) is 0 Å². The van der Waals surface area contributed by atoms with Gasteiger partial charge in [-0.2, -0.15) is 0 Å². The molecule has 0 aromatic rings. The van der Waals surface area contributed by atoms with Crippen molar-refractivity contribution in [3.63, 3.8) is 0 Å². The Morgan fingerprint density at radius 3 is 2.20 bits per heavy atom. The van der Waals surface area contributed by atoms with Crippen LogP contribution in [0.25, 0.3) is 0 Å². The van der Waals surface area contributed by atoms with Crippen LogP contribution in [0.1, 0.15) is 27.2 Å². The molecule has 10 heavy (non-hydrogen) atoms. The van der Waals surface area contributed by atoms with E-state index in [4.69, 9.17) is 0 Å². The van der Waals surface area contributed by atoms with Crippen molar-refractivity contribution in [2.75, 3.05) is 0 Å². The van der Waals surface area contributed by atoms with E-state index < -0.39 is 0 Å². The zero-order valence-corrected chi connectivity index (χ0v) is 6.78. The van der Waals surface area contributed by atoms with Crippen LogP contribution in [-0.2, 0) is 0 Å². The van der Waals surface area contributed by atoms with Crippen LogP contribution in [0.2, 0.25) is 0 Å². The Balaban J connectivity index is 2.32. The van der Waals surface area contributed by atoms with Gasteiger partial charge in [0.15, 0.2) is 0 Å². The maximum atomic E-state index is 3.36. The van der Waals surface area contributed by atoms with E-state index in [1.54, 1.807) is 5.57 Å². The van der Waals surface area contributed by atoms with E-state index in [1.807, 2.05) is 0 Å². The minimum atomic E-state index is 0.326. The highest BCUT2D eigenvalue weighted by Gasteiger charge is 2.34. The molecule has 0 saturated heterocycles. The van der Waals surface area contributed by atoms with Crippen molar-refractivity contribution < 1.29 is 0 Å². The molecule has 2 aliphatic rings. The highest BCUT2D eigenvalue weighted by atomic mass is 15.0. The van der Waals surface area contributed by atoms with Crippen LogP contribution >= 0.6 is 0 Å². The van der Waals surface area contributed by atoms with Crippen LogP contribution in [0.15, 0.2) is 23.0 Å². The quantitative estimate of drug-likeness (QED) is 0.536. The number of nitrogens with one attached hydrogen (secondary N) is 1. The van der Waals surface area contributed by atoms with E-state index in [0.29, 0.717) is 5.41 Å². The lowest BCUT2D eigenvalue weighted by Gasteiger charge is -2.41. The summed E-state index contributed by atoms with van der Waals surface area (Å²) in [5, 5.41) is 3.36. The Morgan fingerprint density at radius 1 is 1.40 bits per heavy atom. The molecular weight excluding hydrogens is 122 g/mol. The summed E-state index contributed by atoms with van der Waals surface area (Å²) in [6.45, 7) is 6.74. The molecule has 1 heteroatoms. The summed E-state index contributed by atoms with van der Waals surface area (Å²) in [6, 6.07) is 0. The normalized spacial score (nSPS) is 22.1. The summed E-state index contributed by atoms with van der Waals surface area (Å²) in [7, 11) is 0.